The molecule has 0 fully saturated rings. The standard InChI is InChI=1S/C17H24ClFN2/c1-11(2)5-6-13(4)21-16-9-12(3)14(19)10-15(16)20-17(21)7-8-18/h9-11,13H,5-8H2,1-4H3. The maximum absolute atomic E-state index is 13.8. The van der Waals surface area contributed by atoms with Gasteiger partial charge in [-0.1, -0.05) is 13.8 Å². The molecule has 0 amide bonds. The second-order valence-electron chi connectivity index (χ2n) is 6.25. The quantitative estimate of drug-likeness (QED) is 0.665. The topological polar surface area (TPSA) is 17.8 Å². The molecule has 1 atom stereocenters. The number of benzene rings is 1. The summed E-state index contributed by atoms with van der Waals surface area (Å²) in [5.41, 5.74) is 2.41. The molecular weight excluding hydrogens is 287 g/mol. The Balaban J connectivity index is 2.47. The monoisotopic (exact) mass is 310 g/mol. The Morgan fingerprint density at radius 3 is 2.57 bits per heavy atom. The highest BCUT2D eigenvalue weighted by Crippen LogP contribution is 2.27. The van der Waals surface area contributed by atoms with Crippen LogP contribution in [0.4, 0.5) is 4.39 Å². The number of rotatable bonds is 6. The summed E-state index contributed by atoms with van der Waals surface area (Å²) in [5.74, 6) is 1.97. The fraction of sp³-hybridized carbons (Fsp3) is 0.588. The summed E-state index contributed by atoms with van der Waals surface area (Å²) in [6, 6.07) is 3.79. The van der Waals surface area contributed by atoms with E-state index in [1.54, 1.807) is 6.92 Å². The first-order valence-electron chi connectivity index (χ1n) is 7.67. The third-order valence-electron chi connectivity index (χ3n) is 3.96. The van der Waals surface area contributed by atoms with Crippen molar-refractivity contribution in [2.75, 3.05) is 5.88 Å². The van der Waals surface area contributed by atoms with E-state index in [9.17, 15) is 4.39 Å². The molecule has 0 saturated carbocycles. The fourth-order valence-corrected chi connectivity index (χ4v) is 2.90. The number of alkyl halides is 1. The average Bonchev–Trinajstić information content (AvgIpc) is 2.74. The van der Waals surface area contributed by atoms with E-state index in [0.29, 0.717) is 29.8 Å². The van der Waals surface area contributed by atoms with E-state index in [4.69, 9.17) is 11.6 Å². The number of aryl methyl sites for hydroxylation is 2. The highest BCUT2D eigenvalue weighted by Gasteiger charge is 2.17. The molecule has 1 aromatic heterocycles. The summed E-state index contributed by atoms with van der Waals surface area (Å²) in [7, 11) is 0. The summed E-state index contributed by atoms with van der Waals surface area (Å²) in [4.78, 5) is 4.59. The van der Waals surface area contributed by atoms with Crippen LogP contribution in [0.3, 0.4) is 0 Å². The number of fused-ring (bicyclic) bond motifs is 1. The smallest absolute Gasteiger partial charge is 0.128 e. The van der Waals surface area contributed by atoms with Gasteiger partial charge >= 0.3 is 0 Å². The third kappa shape index (κ3) is 3.57. The van der Waals surface area contributed by atoms with E-state index in [1.165, 1.54) is 12.5 Å². The molecule has 4 heteroatoms. The Labute approximate surface area is 131 Å². The Hall–Kier alpha value is -1.09. The molecule has 1 unspecified atom stereocenters. The lowest BCUT2D eigenvalue weighted by Crippen LogP contribution is -2.11. The second-order valence-corrected chi connectivity index (χ2v) is 6.63. The summed E-state index contributed by atoms with van der Waals surface area (Å²) in [6.07, 6.45) is 2.97. The van der Waals surface area contributed by atoms with Crippen LogP contribution in [0.5, 0.6) is 0 Å². The summed E-state index contributed by atoms with van der Waals surface area (Å²) >= 11 is 5.90. The van der Waals surface area contributed by atoms with Crippen LogP contribution in [-0.4, -0.2) is 15.4 Å². The largest absolute Gasteiger partial charge is 0.325 e. The van der Waals surface area contributed by atoms with E-state index in [1.807, 2.05) is 6.07 Å². The molecule has 2 aromatic rings. The molecule has 0 radical (unpaired) electrons. The number of imidazole rings is 1. The number of halogens is 2. The van der Waals surface area contributed by atoms with Crippen LogP contribution < -0.4 is 0 Å². The lowest BCUT2D eigenvalue weighted by molar-refractivity contribution is 0.438. The first-order chi connectivity index (χ1) is 9.93. The zero-order valence-corrected chi connectivity index (χ0v) is 14.0. The van der Waals surface area contributed by atoms with Crippen molar-refractivity contribution in [3.63, 3.8) is 0 Å². The van der Waals surface area contributed by atoms with Gasteiger partial charge in [0.2, 0.25) is 0 Å². The van der Waals surface area contributed by atoms with Crippen molar-refractivity contribution < 1.29 is 4.39 Å². The molecule has 0 saturated heterocycles. The summed E-state index contributed by atoms with van der Waals surface area (Å²) in [6.45, 7) is 8.47. The van der Waals surface area contributed by atoms with Gasteiger partial charge in [-0.05, 0) is 44.2 Å². The lowest BCUT2D eigenvalue weighted by atomic mass is 10.0. The summed E-state index contributed by atoms with van der Waals surface area (Å²) in [5, 5.41) is 0. The maximum atomic E-state index is 13.8. The van der Waals surface area contributed by atoms with E-state index < -0.39 is 0 Å². The van der Waals surface area contributed by atoms with Crippen LogP contribution in [-0.2, 0) is 6.42 Å². The number of hydrogen-bond donors (Lipinski definition) is 0. The average molecular weight is 311 g/mol. The predicted molar refractivity (Wildman–Crippen MR) is 87.6 cm³/mol. The van der Waals surface area contributed by atoms with Crippen molar-refractivity contribution in [3.8, 4) is 0 Å². The molecule has 2 rings (SSSR count). The maximum Gasteiger partial charge on any atom is 0.128 e. The lowest BCUT2D eigenvalue weighted by Gasteiger charge is -2.18. The molecule has 0 spiro atoms. The van der Waals surface area contributed by atoms with Crippen molar-refractivity contribution in [2.24, 2.45) is 5.92 Å². The minimum atomic E-state index is -0.195. The molecule has 116 valence electrons. The molecule has 1 aromatic carbocycles. The van der Waals surface area contributed by atoms with Crippen molar-refractivity contribution in [1.82, 2.24) is 9.55 Å². The van der Waals surface area contributed by atoms with Gasteiger partial charge in [0.25, 0.3) is 0 Å². The zero-order valence-electron chi connectivity index (χ0n) is 13.3. The zero-order chi connectivity index (χ0) is 15.6. The van der Waals surface area contributed by atoms with E-state index >= 15 is 0 Å². The third-order valence-corrected chi connectivity index (χ3v) is 4.15. The highest BCUT2D eigenvalue weighted by molar-refractivity contribution is 6.17. The van der Waals surface area contributed by atoms with Crippen LogP contribution in [0.25, 0.3) is 11.0 Å². The van der Waals surface area contributed by atoms with Gasteiger partial charge in [0.1, 0.15) is 11.6 Å². The Morgan fingerprint density at radius 1 is 1.24 bits per heavy atom. The Bertz CT molecular complexity index is 619. The van der Waals surface area contributed by atoms with Gasteiger partial charge in [-0.15, -0.1) is 11.6 Å². The van der Waals surface area contributed by atoms with Gasteiger partial charge in [-0.2, -0.15) is 0 Å². The van der Waals surface area contributed by atoms with Gasteiger partial charge in [0.05, 0.1) is 11.0 Å². The minimum absolute atomic E-state index is 0.195. The van der Waals surface area contributed by atoms with Crippen molar-refractivity contribution in [1.29, 1.82) is 0 Å². The van der Waals surface area contributed by atoms with Crippen molar-refractivity contribution >= 4 is 22.6 Å². The van der Waals surface area contributed by atoms with Crippen molar-refractivity contribution in [2.45, 2.75) is 53.0 Å². The first-order valence-corrected chi connectivity index (χ1v) is 8.20. The predicted octanol–water partition coefficient (Wildman–Crippen LogP) is 5.26. The molecule has 21 heavy (non-hydrogen) atoms. The van der Waals surface area contributed by atoms with Gasteiger partial charge in [-0.25, -0.2) is 9.37 Å². The molecule has 0 aliphatic carbocycles. The Kier molecular flexibility index (Phi) is 5.26. The van der Waals surface area contributed by atoms with Gasteiger partial charge in [0.15, 0.2) is 0 Å². The van der Waals surface area contributed by atoms with Crippen LogP contribution in [0, 0.1) is 18.7 Å². The molecule has 0 bridgehead atoms. The fourth-order valence-electron chi connectivity index (χ4n) is 2.73. The molecule has 1 heterocycles. The number of hydrogen-bond acceptors (Lipinski definition) is 1. The van der Waals surface area contributed by atoms with Gasteiger partial charge in [0, 0.05) is 24.4 Å². The minimum Gasteiger partial charge on any atom is -0.325 e. The van der Waals surface area contributed by atoms with E-state index in [-0.39, 0.29) is 5.82 Å². The van der Waals surface area contributed by atoms with Crippen LogP contribution >= 0.6 is 11.6 Å². The van der Waals surface area contributed by atoms with Crippen molar-refractivity contribution in [3.05, 3.63) is 29.3 Å². The molecule has 0 aliphatic rings. The number of nitrogens with zero attached hydrogens (tertiary/aromatic N) is 2. The molecule has 0 aliphatic heterocycles. The summed E-state index contributed by atoms with van der Waals surface area (Å²) < 4.78 is 16.0. The second kappa shape index (κ2) is 6.78. The van der Waals surface area contributed by atoms with Crippen LogP contribution in [0.2, 0.25) is 0 Å². The SMILES string of the molecule is Cc1cc2c(cc1F)nc(CCCl)n2C(C)CCC(C)C. The van der Waals surface area contributed by atoms with E-state index in [2.05, 4.69) is 30.3 Å². The molecule has 0 N–H and O–H groups in total. The van der Waals surface area contributed by atoms with Crippen LogP contribution in [0.1, 0.15) is 51.0 Å². The Morgan fingerprint density at radius 2 is 1.95 bits per heavy atom. The molecule has 2 nitrogen and oxygen atoms in total. The van der Waals surface area contributed by atoms with Gasteiger partial charge < -0.3 is 4.57 Å². The van der Waals surface area contributed by atoms with Crippen LogP contribution in [0.15, 0.2) is 12.1 Å². The normalized spacial score (nSPS) is 13.3. The van der Waals surface area contributed by atoms with Gasteiger partial charge in [-0.3, -0.25) is 0 Å². The van der Waals surface area contributed by atoms with E-state index in [0.717, 1.165) is 23.3 Å². The highest BCUT2D eigenvalue weighted by atomic mass is 35.5. The first kappa shape index (κ1) is 16.3. The number of aromatic nitrogens is 2. The molecular formula is C17H24ClFN2.